The fourth-order valence-electron chi connectivity index (χ4n) is 2.91. The molecule has 1 aliphatic heterocycles. The second kappa shape index (κ2) is 7.93. The number of aliphatic hydroxyl groups is 1. The molecule has 1 aromatic carbocycles. The Hall–Kier alpha value is -2.65. The predicted octanol–water partition coefficient (Wildman–Crippen LogP) is 1.49. The summed E-state index contributed by atoms with van der Waals surface area (Å²) in [5, 5.41) is 9.61. The van der Waals surface area contributed by atoms with Gasteiger partial charge in [0.25, 0.3) is 15.9 Å². The third-order valence-corrected chi connectivity index (χ3v) is 5.80. The number of sulfonamides is 1. The molecule has 3 rings (SSSR count). The van der Waals surface area contributed by atoms with E-state index in [-0.39, 0.29) is 22.1 Å². The fraction of sp³-hybridized carbons (Fsp3) is 0.333. The molecule has 1 aromatic heterocycles. The van der Waals surface area contributed by atoms with Gasteiger partial charge in [-0.15, -0.1) is 0 Å². The standard InChI is InChI=1S/C18H21N3O5S/c1-26-15-10-13(11-19-12-15)20-27(24,25)17-5-3-2-4-16(17)18(23)21-8-6-14(22)7-9-21/h2-5,10-12,14,20,22H,6-9H2,1H3. The minimum atomic E-state index is -4.01. The van der Waals surface area contributed by atoms with Crippen LogP contribution in [0.1, 0.15) is 23.2 Å². The molecule has 8 nitrogen and oxygen atoms in total. The first-order chi connectivity index (χ1) is 12.9. The van der Waals surface area contributed by atoms with Crippen LogP contribution in [0.5, 0.6) is 5.75 Å². The first kappa shape index (κ1) is 19.1. The van der Waals surface area contributed by atoms with E-state index in [2.05, 4.69) is 9.71 Å². The summed E-state index contributed by atoms with van der Waals surface area (Å²) in [6.07, 6.45) is 3.36. The van der Waals surface area contributed by atoms with Crippen molar-refractivity contribution < 1.29 is 23.1 Å². The number of piperidine rings is 1. The number of amides is 1. The van der Waals surface area contributed by atoms with Crippen LogP contribution in [0.15, 0.2) is 47.6 Å². The molecule has 1 amide bonds. The summed E-state index contributed by atoms with van der Waals surface area (Å²) in [6.45, 7) is 0.781. The molecule has 0 saturated carbocycles. The van der Waals surface area contributed by atoms with Crippen LogP contribution in [0.25, 0.3) is 0 Å². The Labute approximate surface area is 157 Å². The van der Waals surface area contributed by atoms with Crippen LogP contribution in [-0.2, 0) is 10.0 Å². The molecule has 2 N–H and O–H groups in total. The van der Waals surface area contributed by atoms with Crippen molar-refractivity contribution in [3.05, 3.63) is 48.3 Å². The van der Waals surface area contributed by atoms with E-state index >= 15 is 0 Å². The molecular weight excluding hydrogens is 370 g/mol. The van der Waals surface area contributed by atoms with Gasteiger partial charge in [-0.25, -0.2) is 8.42 Å². The molecule has 0 unspecified atom stereocenters. The lowest BCUT2D eigenvalue weighted by molar-refractivity contribution is 0.0543. The number of benzene rings is 1. The van der Waals surface area contributed by atoms with Crippen LogP contribution in [0.2, 0.25) is 0 Å². The number of rotatable bonds is 5. The largest absolute Gasteiger partial charge is 0.495 e. The van der Waals surface area contributed by atoms with Gasteiger partial charge in [0.05, 0.1) is 36.9 Å². The highest BCUT2D eigenvalue weighted by molar-refractivity contribution is 7.92. The van der Waals surface area contributed by atoms with Crippen molar-refractivity contribution in [3.63, 3.8) is 0 Å². The molecule has 2 aromatic rings. The second-order valence-electron chi connectivity index (χ2n) is 6.24. The van der Waals surface area contributed by atoms with Crippen LogP contribution in [0, 0.1) is 0 Å². The summed E-state index contributed by atoms with van der Waals surface area (Å²) >= 11 is 0. The fourth-order valence-corrected chi connectivity index (χ4v) is 4.15. The molecule has 9 heteroatoms. The molecule has 1 fully saturated rings. The summed E-state index contributed by atoms with van der Waals surface area (Å²) in [5.41, 5.74) is 0.329. The predicted molar refractivity (Wildman–Crippen MR) is 99.2 cm³/mol. The third kappa shape index (κ3) is 4.37. The minimum Gasteiger partial charge on any atom is -0.495 e. The summed E-state index contributed by atoms with van der Waals surface area (Å²) in [5.74, 6) is 0.0399. The monoisotopic (exact) mass is 391 g/mol. The molecule has 0 aliphatic carbocycles. The number of ether oxygens (including phenoxy) is 1. The Kier molecular flexibility index (Phi) is 5.62. The molecule has 1 aliphatic rings. The van der Waals surface area contributed by atoms with E-state index in [1.165, 1.54) is 37.7 Å². The molecule has 0 bridgehead atoms. The zero-order valence-corrected chi connectivity index (χ0v) is 15.6. The van der Waals surface area contributed by atoms with E-state index in [1.807, 2.05) is 0 Å². The number of nitrogens with zero attached hydrogens (tertiary/aromatic N) is 2. The van der Waals surface area contributed by atoms with Gasteiger partial charge >= 0.3 is 0 Å². The minimum absolute atomic E-state index is 0.0947. The Bertz CT molecular complexity index is 924. The summed E-state index contributed by atoms with van der Waals surface area (Å²) < 4.78 is 33.2. The SMILES string of the molecule is COc1cncc(NS(=O)(=O)c2ccccc2C(=O)N2CCC(O)CC2)c1. The van der Waals surface area contributed by atoms with Crippen molar-refractivity contribution in [2.75, 3.05) is 24.9 Å². The van der Waals surface area contributed by atoms with E-state index < -0.39 is 16.1 Å². The lowest BCUT2D eigenvalue weighted by Crippen LogP contribution is -2.40. The van der Waals surface area contributed by atoms with Crippen molar-refractivity contribution in [2.45, 2.75) is 23.8 Å². The smallest absolute Gasteiger partial charge is 0.262 e. The van der Waals surface area contributed by atoms with Crippen LogP contribution in [-0.4, -0.2) is 55.6 Å². The van der Waals surface area contributed by atoms with Gasteiger partial charge in [-0.2, -0.15) is 0 Å². The maximum Gasteiger partial charge on any atom is 0.262 e. The number of hydrogen-bond acceptors (Lipinski definition) is 6. The van der Waals surface area contributed by atoms with E-state index in [4.69, 9.17) is 4.74 Å². The number of aliphatic hydroxyl groups excluding tert-OH is 1. The summed E-state index contributed by atoms with van der Waals surface area (Å²) in [4.78, 5) is 18.2. The normalized spacial score (nSPS) is 15.4. The lowest BCUT2D eigenvalue weighted by Gasteiger charge is -2.30. The molecule has 2 heterocycles. The average Bonchev–Trinajstić information content (AvgIpc) is 2.68. The molecule has 0 atom stereocenters. The Balaban J connectivity index is 1.88. The maximum atomic E-state index is 12.9. The highest BCUT2D eigenvalue weighted by atomic mass is 32.2. The Morgan fingerprint density at radius 3 is 2.67 bits per heavy atom. The highest BCUT2D eigenvalue weighted by Gasteiger charge is 2.28. The van der Waals surface area contributed by atoms with Crippen LogP contribution in [0.3, 0.4) is 0 Å². The number of carbonyl (C=O) groups is 1. The first-order valence-electron chi connectivity index (χ1n) is 8.49. The lowest BCUT2D eigenvalue weighted by atomic mass is 10.1. The maximum absolute atomic E-state index is 12.9. The first-order valence-corrected chi connectivity index (χ1v) is 9.97. The number of anilines is 1. The Morgan fingerprint density at radius 1 is 1.26 bits per heavy atom. The topological polar surface area (TPSA) is 109 Å². The number of nitrogens with one attached hydrogen (secondary N) is 1. The second-order valence-corrected chi connectivity index (χ2v) is 7.89. The molecular formula is C18H21N3O5S. The van der Waals surface area contributed by atoms with Crippen LogP contribution in [0.4, 0.5) is 5.69 Å². The van der Waals surface area contributed by atoms with E-state index in [0.29, 0.717) is 31.7 Å². The zero-order chi connectivity index (χ0) is 19.4. The molecule has 0 radical (unpaired) electrons. The van der Waals surface area contributed by atoms with Crippen LogP contribution >= 0.6 is 0 Å². The van der Waals surface area contributed by atoms with Gasteiger partial charge in [-0.3, -0.25) is 14.5 Å². The highest BCUT2D eigenvalue weighted by Crippen LogP contribution is 2.23. The number of hydrogen-bond donors (Lipinski definition) is 2. The number of likely N-dealkylation sites (tertiary alicyclic amines) is 1. The van der Waals surface area contributed by atoms with Gasteiger partial charge in [-0.1, -0.05) is 12.1 Å². The summed E-state index contributed by atoms with van der Waals surface area (Å²) in [6, 6.07) is 7.57. The number of aromatic nitrogens is 1. The van der Waals surface area contributed by atoms with E-state index in [1.54, 1.807) is 17.0 Å². The van der Waals surface area contributed by atoms with Gasteiger partial charge in [-0.05, 0) is 25.0 Å². The van der Waals surface area contributed by atoms with Crippen molar-refractivity contribution >= 4 is 21.6 Å². The van der Waals surface area contributed by atoms with Gasteiger partial charge in [0.1, 0.15) is 10.6 Å². The van der Waals surface area contributed by atoms with Crippen molar-refractivity contribution in [2.24, 2.45) is 0 Å². The number of carbonyl (C=O) groups excluding carboxylic acids is 1. The Morgan fingerprint density at radius 2 is 1.96 bits per heavy atom. The van der Waals surface area contributed by atoms with E-state index in [0.717, 1.165) is 0 Å². The molecule has 0 spiro atoms. The molecule has 1 saturated heterocycles. The van der Waals surface area contributed by atoms with Crippen molar-refractivity contribution in [1.29, 1.82) is 0 Å². The van der Waals surface area contributed by atoms with Gasteiger partial charge in [0.2, 0.25) is 0 Å². The van der Waals surface area contributed by atoms with Gasteiger partial charge < -0.3 is 14.7 Å². The quantitative estimate of drug-likeness (QED) is 0.799. The van der Waals surface area contributed by atoms with Gasteiger partial charge in [0.15, 0.2) is 0 Å². The van der Waals surface area contributed by atoms with Crippen molar-refractivity contribution in [1.82, 2.24) is 9.88 Å². The average molecular weight is 391 g/mol. The van der Waals surface area contributed by atoms with Gasteiger partial charge in [0, 0.05) is 19.2 Å². The number of pyridine rings is 1. The molecule has 144 valence electrons. The number of methoxy groups -OCH3 is 1. The van der Waals surface area contributed by atoms with Crippen LogP contribution < -0.4 is 9.46 Å². The van der Waals surface area contributed by atoms with E-state index in [9.17, 15) is 18.3 Å². The third-order valence-electron chi connectivity index (χ3n) is 4.36. The van der Waals surface area contributed by atoms with Crippen molar-refractivity contribution in [3.8, 4) is 5.75 Å². The zero-order valence-electron chi connectivity index (χ0n) is 14.8. The molecule has 27 heavy (non-hydrogen) atoms. The summed E-state index contributed by atoms with van der Waals surface area (Å²) in [7, 11) is -2.55.